The second kappa shape index (κ2) is 8.47. The van der Waals surface area contributed by atoms with E-state index < -0.39 is 36.2 Å². The van der Waals surface area contributed by atoms with Crippen molar-refractivity contribution >= 4 is 11.9 Å². The third kappa shape index (κ3) is 4.31. The fraction of sp³-hybridized carbons (Fsp3) is 0.500. The summed E-state index contributed by atoms with van der Waals surface area (Å²) in [4.78, 5) is 24.4. The molecule has 0 aromatic rings. The van der Waals surface area contributed by atoms with Gasteiger partial charge < -0.3 is 19.7 Å². The summed E-state index contributed by atoms with van der Waals surface area (Å²) in [6.45, 7) is 8.71. The van der Waals surface area contributed by atoms with E-state index in [1.165, 1.54) is 0 Å². The zero-order valence-electron chi connectivity index (χ0n) is 15.4. The van der Waals surface area contributed by atoms with Crippen LogP contribution in [0.2, 0.25) is 0 Å². The predicted molar refractivity (Wildman–Crippen MR) is 96.0 cm³/mol. The van der Waals surface area contributed by atoms with Crippen molar-refractivity contribution in [1.29, 1.82) is 0 Å². The maximum atomic E-state index is 12.3. The lowest BCUT2D eigenvalue weighted by Crippen LogP contribution is -2.34. The number of rotatable bonds is 3. The predicted octanol–water partition coefficient (Wildman–Crippen LogP) is 1.98. The van der Waals surface area contributed by atoms with Gasteiger partial charge in [-0.3, -0.25) is 0 Å². The quantitative estimate of drug-likeness (QED) is 0.453. The van der Waals surface area contributed by atoms with Crippen molar-refractivity contribution in [2.75, 3.05) is 6.61 Å². The number of esters is 2. The zero-order valence-corrected chi connectivity index (χ0v) is 15.4. The summed E-state index contributed by atoms with van der Waals surface area (Å²) in [5.41, 5.74) is 1.95. The maximum absolute atomic E-state index is 12.3. The third-order valence-electron chi connectivity index (χ3n) is 4.92. The molecule has 1 saturated heterocycles. The van der Waals surface area contributed by atoms with Gasteiger partial charge in [0.15, 0.2) is 0 Å². The van der Waals surface area contributed by atoms with Gasteiger partial charge in [-0.2, -0.15) is 0 Å². The van der Waals surface area contributed by atoms with Crippen LogP contribution in [0.25, 0.3) is 0 Å². The first-order valence-electron chi connectivity index (χ1n) is 8.67. The third-order valence-corrected chi connectivity index (χ3v) is 4.92. The van der Waals surface area contributed by atoms with Crippen LogP contribution in [0.3, 0.4) is 0 Å². The monoisotopic (exact) mass is 362 g/mol. The molecule has 2 aliphatic rings. The molecular weight excluding hydrogens is 336 g/mol. The number of aliphatic hydroxyl groups is 2. The van der Waals surface area contributed by atoms with Gasteiger partial charge >= 0.3 is 11.9 Å². The van der Waals surface area contributed by atoms with Crippen LogP contribution in [0.15, 0.2) is 47.1 Å². The highest BCUT2D eigenvalue weighted by Gasteiger charge is 2.44. The molecule has 0 amide bonds. The molecule has 142 valence electrons. The van der Waals surface area contributed by atoms with Crippen molar-refractivity contribution in [2.24, 2.45) is 5.92 Å². The maximum Gasteiger partial charge on any atom is 0.334 e. The Balaban J connectivity index is 2.45. The van der Waals surface area contributed by atoms with E-state index in [9.17, 15) is 19.8 Å². The first kappa shape index (κ1) is 20.1. The molecule has 4 atom stereocenters. The van der Waals surface area contributed by atoms with E-state index >= 15 is 0 Å². The van der Waals surface area contributed by atoms with Crippen LogP contribution in [0.5, 0.6) is 0 Å². The molecule has 6 heteroatoms. The summed E-state index contributed by atoms with van der Waals surface area (Å²) in [7, 11) is 0. The van der Waals surface area contributed by atoms with Gasteiger partial charge in [-0.1, -0.05) is 18.7 Å². The summed E-state index contributed by atoms with van der Waals surface area (Å²) in [5.74, 6) is -1.61. The van der Waals surface area contributed by atoms with E-state index in [2.05, 4.69) is 6.58 Å². The minimum atomic E-state index is -0.742. The Hall–Kier alpha value is -2.18. The Morgan fingerprint density at radius 1 is 1.50 bits per heavy atom. The van der Waals surface area contributed by atoms with E-state index in [0.717, 1.165) is 0 Å². The number of aliphatic hydroxyl groups excluding tert-OH is 2. The van der Waals surface area contributed by atoms with Crippen LogP contribution < -0.4 is 0 Å². The first-order chi connectivity index (χ1) is 12.3. The minimum absolute atomic E-state index is 0.224. The molecule has 1 aliphatic heterocycles. The second-order valence-corrected chi connectivity index (χ2v) is 6.72. The van der Waals surface area contributed by atoms with E-state index in [4.69, 9.17) is 9.47 Å². The summed E-state index contributed by atoms with van der Waals surface area (Å²) in [6.07, 6.45) is 3.50. The highest BCUT2D eigenvalue weighted by atomic mass is 16.6. The van der Waals surface area contributed by atoms with Crippen LogP contribution >= 0.6 is 0 Å². The van der Waals surface area contributed by atoms with Crippen molar-refractivity contribution < 1.29 is 29.3 Å². The molecule has 0 bridgehead atoms. The van der Waals surface area contributed by atoms with Crippen molar-refractivity contribution in [3.05, 3.63) is 47.1 Å². The normalized spacial score (nSPS) is 34.1. The molecule has 0 aromatic heterocycles. The van der Waals surface area contributed by atoms with Crippen LogP contribution in [0.4, 0.5) is 0 Å². The van der Waals surface area contributed by atoms with Crippen LogP contribution in [0, 0.1) is 5.92 Å². The molecule has 1 fully saturated rings. The summed E-state index contributed by atoms with van der Waals surface area (Å²) >= 11 is 0. The van der Waals surface area contributed by atoms with Crippen LogP contribution in [0.1, 0.15) is 33.6 Å². The molecule has 2 N–H and O–H groups in total. The summed E-state index contributed by atoms with van der Waals surface area (Å²) in [5, 5.41) is 19.9. The van der Waals surface area contributed by atoms with Gasteiger partial charge in [0.2, 0.25) is 0 Å². The zero-order chi connectivity index (χ0) is 19.4. The van der Waals surface area contributed by atoms with E-state index in [1.54, 1.807) is 39.0 Å². The molecule has 0 saturated carbocycles. The van der Waals surface area contributed by atoms with Crippen molar-refractivity contribution in [3.63, 3.8) is 0 Å². The number of hydrogen-bond acceptors (Lipinski definition) is 6. The van der Waals surface area contributed by atoms with Gasteiger partial charge in [-0.15, -0.1) is 0 Å². The van der Waals surface area contributed by atoms with Crippen LogP contribution in [-0.4, -0.2) is 47.1 Å². The lowest BCUT2D eigenvalue weighted by molar-refractivity contribution is -0.147. The average Bonchev–Trinajstić information content (AvgIpc) is 2.89. The Kier molecular flexibility index (Phi) is 6.56. The highest BCUT2D eigenvalue weighted by molar-refractivity contribution is 5.92. The van der Waals surface area contributed by atoms with Gasteiger partial charge in [-0.05, 0) is 44.4 Å². The van der Waals surface area contributed by atoms with Crippen LogP contribution in [-0.2, 0) is 19.1 Å². The fourth-order valence-electron chi connectivity index (χ4n) is 3.08. The Bertz CT molecular complexity index is 684. The lowest BCUT2D eigenvalue weighted by atomic mass is 9.85. The Morgan fingerprint density at radius 2 is 2.19 bits per heavy atom. The van der Waals surface area contributed by atoms with Gasteiger partial charge in [-0.25, -0.2) is 9.59 Å². The second-order valence-electron chi connectivity index (χ2n) is 6.72. The Morgan fingerprint density at radius 3 is 2.81 bits per heavy atom. The summed E-state index contributed by atoms with van der Waals surface area (Å²) in [6, 6.07) is 0. The van der Waals surface area contributed by atoms with Gasteiger partial charge in [0.25, 0.3) is 0 Å². The van der Waals surface area contributed by atoms with Gasteiger partial charge in [0, 0.05) is 17.6 Å². The number of ether oxygens (including phenoxy) is 2. The SMILES string of the molecule is C=C1C(=O)O[C@H]2/C=C(/C)[C@@H](O)C/C=C(\CO)C[C@@H](OC(=O)/C(C)=C/C)[C@@H]12. The van der Waals surface area contributed by atoms with Crippen molar-refractivity contribution in [3.8, 4) is 0 Å². The number of hydrogen-bond donors (Lipinski definition) is 2. The number of carbonyl (C=O) groups is 2. The molecule has 0 aromatic carbocycles. The largest absolute Gasteiger partial charge is 0.458 e. The van der Waals surface area contributed by atoms with Gasteiger partial charge in [0.05, 0.1) is 18.6 Å². The Labute approximate surface area is 153 Å². The highest BCUT2D eigenvalue weighted by Crippen LogP contribution is 2.36. The average molecular weight is 362 g/mol. The van der Waals surface area contributed by atoms with Gasteiger partial charge in [0.1, 0.15) is 12.2 Å². The molecular formula is C20H26O6. The van der Waals surface area contributed by atoms with Crippen molar-refractivity contribution in [1.82, 2.24) is 0 Å². The first-order valence-corrected chi connectivity index (χ1v) is 8.67. The van der Waals surface area contributed by atoms with Crippen molar-refractivity contribution in [2.45, 2.75) is 51.9 Å². The number of carbonyl (C=O) groups excluding carboxylic acids is 2. The molecule has 1 aliphatic carbocycles. The molecule has 6 nitrogen and oxygen atoms in total. The fourth-order valence-corrected chi connectivity index (χ4v) is 3.08. The van der Waals surface area contributed by atoms with E-state index in [-0.39, 0.29) is 18.6 Å². The minimum Gasteiger partial charge on any atom is -0.458 e. The molecule has 1 heterocycles. The van der Waals surface area contributed by atoms with E-state index in [0.29, 0.717) is 23.1 Å². The summed E-state index contributed by atoms with van der Waals surface area (Å²) < 4.78 is 11.0. The smallest absolute Gasteiger partial charge is 0.334 e. The standard InChI is InChI=1S/C20H26O6/c1-5-11(2)19(23)25-17-9-14(10-21)6-7-15(22)12(3)8-16-18(17)13(4)20(24)26-16/h5-6,8,15-18,21-22H,4,7,9-10H2,1-3H3/b11-5+,12-8-,14-6-/t15-,16-,17+,18-/m0/s1. The molecule has 26 heavy (non-hydrogen) atoms. The topological polar surface area (TPSA) is 93.1 Å². The van der Waals surface area contributed by atoms with E-state index in [1.807, 2.05) is 0 Å². The molecule has 0 unspecified atom stereocenters. The molecule has 0 spiro atoms. The number of fused-ring (bicyclic) bond motifs is 1. The molecule has 2 rings (SSSR count). The lowest BCUT2D eigenvalue weighted by Gasteiger charge is -2.28. The molecule has 0 radical (unpaired) electrons. The number of allylic oxidation sites excluding steroid dienone is 1.